The van der Waals surface area contributed by atoms with Crippen molar-refractivity contribution < 1.29 is 4.74 Å². The van der Waals surface area contributed by atoms with E-state index in [9.17, 15) is 0 Å². The molecule has 0 heterocycles. The van der Waals surface area contributed by atoms with Gasteiger partial charge in [0.1, 0.15) is 7.85 Å². The van der Waals surface area contributed by atoms with Crippen LogP contribution >= 0.6 is 0 Å². The van der Waals surface area contributed by atoms with E-state index in [1.165, 1.54) is 12.8 Å². The molecule has 2 aliphatic carbocycles. The summed E-state index contributed by atoms with van der Waals surface area (Å²) >= 11 is 0. The zero-order chi connectivity index (χ0) is 12.1. The monoisotopic (exact) mass is 228 g/mol. The molecule has 0 aromatic rings. The molecule has 1 nitrogen and oxygen atoms in total. The lowest BCUT2D eigenvalue weighted by molar-refractivity contribution is 0.260. The Morgan fingerprint density at radius 1 is 1.12 bits per heavy atom. The van der Waals surface area contributed by atoms with E-state index in [1.807, 2.05) is 0 Å². The average Bonchev–Trinajstić information content (AvgIpc) is 2.39. The Hall–Kier alpha value is -0.915. The molecule has 0 spiro atoms. The number of rotatable bonds is 3. The van der Waals surface area contributed by atoms with E-state index >= 15 is 0 Å². The number of allylic oxidation sites excluding steroid dienone is 6. The molecule has 2 aliphatic rings. The van der Waals surface area contributed by atoms with Gasteiger partial charge in [-0.2, -0.15) is 0 Å². The predicted octanol–water partition coefficient (Wildman–Crippen LogP) is 3.73. The topological polar surface area (TPSA) is 9.23 Å². The van der Waals surface area contributed by atoms with Gasteiger partial charge in [0.15, 0.2) is 0 Å². The summed E-state index contributed by atoms with van der Waals surface area (Å²) in [5.41, 5.74) is 1.07. The maximum atomic E-state index is 5.78. The van der Waals surface area contributed by atoms with Crippen molar-refractivity contribution >= 4 is 7.85 Å². The van der Waals surface area contributed by atoms with Crippen molar-refractivity contribution in [2.45, 2.75) is 38.5 Å². The molecule has 0 aliphatic heterocycles. The average molecular weight is 228 g/mol. The molecular formula is C15H21BO. The first-order chi connectivity index (χ1) is 8.28. The van der Waals surface area contributed by atoms with Crippen LogP contribution in [0.3, 0.4) is 0 Å². The van der Waals surface area contributed by atoms with E-state index in [4.69, 9.17) is 12.6 Å². The van der Waals surface area contributed by atoms with Gasteiger partial charge >= 0.3 is 0 Å². The number of methoxy groups -OCH3 is 1. The minimum Gasteiger partial charge on any atom is -0.501 e. The summed E-state index contributed by atoms with van der Waals surface area (Å²) < 4.78 is 5.26. The Morgan fingerprint density at radius 2 is 1.76 bits per heavy atom. The highest BCUT2D eigenvalue weighted by atomic mass is 16.5. The lowest BCUT2D eigenvalue weighted by atomic mass is 9.80. The van der Waals surface area contributed by atoms with Crippen molar-refractivity contribution in [2.24, 2.45) is 11.8 Å². The van der Waals surface area contributed by atoms with Crippen LogP contribution in [0.2, 0.25) is 0 Å². The van der Waals surface area contributed by atoms with Gasteiger partial charge in [-0.05, 0) is 50.0 Å². The van der Waals surface area contributed by atoms with Gasteiger partial charge in [-0.25, -0.2) is 0 Å². The minimum absolute atomic E-state index is 0.704. The smallest absolute Gasteiger partial charge is 0.107 e. The van der Waals surface area contributed by atoms with Crippen LogP contribution in [0.5, 0.6) is 0 Å². The van der Waals surface area contributed by atoms with Gasteiger partial charge in [-0.15, -0.1) is 5.47 Å². The zero-order valence-electron chi connectivity index (χ0n) is 10.7. The van der Waals surface area contributed by atoms with E-state index < -0.39 is 0 Å². The van der Waals surface area contributed by atoms with Gasteiger partial charge in [0.05, 0.1) is 12.9 Å². The summed E-state index contributed by atoms with van der Waals surface area (Å²) in [6.45, 7) is 0. The van der Waals surface area contributed by atoms with Crippen LogP contribution < -0.4 is 0 Å². The largest absolute Gasteiger partial charge is 0.501 e. The van der Waals surface area contributed by atoms with Gasteiger partial charge < -0.3 is 4.74 Å². The van der Waals surface area contributed by atoms with Crippen LogP contribution in [0.25, 0.3) is 0 Å². The molecule has 2 atom stereocenters. The summed E-state index contributed by atoms with van der Waals surface area (Å²) in [6.07, 6.45) is 16.1. The molecule has 90 valence electrons. The van der Waals surface area contributed by atoms with Crippen LogP contribution in [0.4, 0.5) is 0 Å². The summed E-state index contributed by atoms with van der Waals surface area (Å²) in [7, 11) is 7.55. The van der Waals surface area contributed by atoms with Gasteiger partial charge in [0, 0.05) is 6.42 Å². The van der Waals surface area contributed by atoms with Gasteiger partial charge in [0.2, 0.25) is 0 Å². The van der Waals surface area contributed by atoms with Gasteiger partial charge in [0.25, 0.3) is 0 Å². The van der Waals surface area contributed by atoms with Crippen LogP contribution in [-0.4, -0.2) is 15.0 Å². The Morgan fingerprint density at radius 3 is 2.24 bits per heavy atom. The molecule has 17 heavy (non-hydrogen) atoms. The van der Waals surface area contributed by atoms with Crippen molar-refractivity contribution in [1.82, 2.24) is 0 Å². The van der Waals surface area contributed by atoms with E-state index in [0.717, 1.165) is 36.9 Å². The normalized spacial score (nSPS) is 29.9. The molecule has 0 unspecified atom stereocenters. The standard InChI is InChI=1S/C15H21BO/c1-17-15-10-6-13(7-11-15)3-2-12-4-8-14(16)9-5-12/h2-3,8,10,12-13H,4-7,9,11H2,1H3/b3-2+/t12-,13-/m1/s1. The van der Waals surface area contributed by atoms with Crippen LogP contribution in [0, 0.1) is 11.8 Å². The third-order valence-corrected chi connectivity index (χ3v) is 3.81. The SMILES string of the molecule is [B]C1=CC[C@@H](/C=C/[C@@H]2CC=C(OC)CC2)CC1. The lowest BCUT2D eigenvalue weighted by Crippen LogP contribution is -2.06. The molecule has 0 saturated carbocycles. The maximum absolute atomic E-state index is 5.78. The zero-order valence-corrected chi connectivity index (χ0v) is 10.7. The molecule has 0 amide bonds. The second kappa shape index (κ2) is 6.14. The van der Waals surface area contributed by atoms with Crippen LogP contribution in [0.15, 0.2) is 35.5 Å². The van der Waals surface area contributed by atoms with Crippen molar-refractivity contribution in [3.63, 3.8) is 0 Å². The highest BCUT2D eigenvalue weighted by Crippen LogP contribution is 2.27. The highest BCUT2D eigenvalue weighted by molar-refractivity contribution is 6.21. The first-order valence-electron chi connectivity index (χ1n) is 6.63. The Labute approximate surface area is 106 Å². The molecular weight excluding hydrogens is 207 g/mol. The fraction of sp³-hybridized carbons (Fsp3) is 0.600. The molecule has 0 fully saturated rings. The van der Waals surface area contributed by atoms with E-state index in [1.54, 1.807) is 7.11 Å². The maximum Gasteiger partial charge on any atom is 0.107 e. The molecule has 2 rings (SSSR count). The van der Waals surface area contributed by atoms with Crippen molar-refractivity contribution in [3.8, 4) is 0 Å². The van der Waals surface area contributed by atoms with E-state index in [2.05, 4.69) is 24.3 Å². The molecule has 0 saturated heterocycles. The van der Waals surface area contributed by atoms with Crippen molar-refractivity contribution in [3.05, 3.63) is 35.5 Å². The fourth-order valence-electron chi connectivity index (χ4n) is 2.55. The summed E-state index contributed by atoms with van der Waals surface area (Å²) in [5.74, 6) is 2.57. The Kier molecular flexibility index (Phi) is 4.53. The summed E-state index contributed by atoms with van der Waals surface area (Å²) in [6, 6.07) is 0. The molecule has 0 bridgehead atoms. The first-order valence-corrected chi connectivity index (χ1v) is 6.63. The van der Waals surface area contributed by atoms with Crippen LogP contribution in [-0.2, 0) is 4.74 Å². The second-order valence-electron chi connectivity index (χ2n) is 5.11. The number of ether oxygens (including phenoxy) is 1. The molecule has 2 radical (unpaired) electrons. The Bertz CT molecular complexity index is 341. The lowest BCUT2D eigenvalue weighted by Gasteiger charge is -2.20. The third-order valence-electron chi connectivity index (χ3n) is 3.81. The molecule has 0 aromatic heterocycles. The van der Waals surface area contributed by atoms with Crippen molar-refractivity contribution in [1.29, 1.82) is 0 Å². The summed E-state index contributed by atoms with van der Waals surface area (Å²) in [4.78, 5) is 0. The number of hydrogen-bond acceptors (Lipinski definition) is 1. The quantitative estimate of drug-likeness (QED) is 0.528. The molecule has 0 N–H and O–H groups in total. The van der Waals surface area contributed by atoms with Crippen LogP contribution in [0.1, 0.15) is 38.5 Å². The Balaban J connectivity index is 1.80. The third kappa shape index (κ3) is 3.80. The first kappa shape index (κ1) is 12.5. The fourth-order valence-corrected chi connectivity index (χ4v) is 2.55. The second-order valence-corrected chi connectivity index (χ2v) is 5.11. The molecule has 2 heteroatoms. The molecule has 0 aromatic carbocycles. The summed E-state index contributed by atoms with van der Waals surface area (Å²) in [5, 5.41) is 0. The minimum atomic E-state index is 0.704. The predicted molar refractivity (Wildman–Crippen MR) is 72.8 cm³/mol. The van der Waals surface area contributed by atoms with E-state index in [0.29, 0.717) is 11.8 Å². The number of hydrogen-bond donors (Lipinski definition) is 0. The van der Waals surface area contributed by atoms with Gasteiger partial charge in [-0.3, -0.25) is 0 Å². The van der Waals surface area contributed by atoms with E-state index in [-0.39, 0.29) is 0 Å². The highest BCUT2D eigenvalue weighted by Gasteiger charge is 2.13. The van der Waals surface area contributed by atoms with Crippen molar-refractivity contribution in [2.75, 3.05) is 7.11 Å². The van der Waals surface area contributed by atoms with Gasteiger partial charge in [-0.1, -0.05) is 18.2 Å².